The average Bonchev–Trinajstić information content (AvgIpc) is 2.53. The fraction of sp³-hybridized carbons (Fsp3) is 0.500. The second-order valence-electron chi connectivity index (χ2n) is 5.25. The Labute approximate surface area is 129 Å². The van der Waals surface area contributed by atoms with Gasteiger partial charge in [0.15, 0.2) is 0 Å². The minimum atomic E-state index is -0.897. The number of rotatable bonds is 6. The Morgan fingerprint density at radius 3 is 2.73 bits per heavy atom. The Balaban J connectivity index is 2.44. The summed E-state index contributed by atoms with van der Waals surface area (Å²) in [6, 6.07) is 6.71. The van der Waals surface area contributed by atoms with Crippen LogP contribution in [0.1, 0.15) is 24.4 Å². The minimum absolute atomic E-state index is 0.0505. The van der Waals surface area contributed by atoms with Gasteiger partial charge in [-0.05, 0) is 12.5 Å². The van der Waals surface area contributed by atoms with Gasteiger partial charge in [-0.15, -0.1) is 0 Å². The maximum absolute atomic E-state index is 12.3. The molecule has 6 nitrogen and oxygen atoms in total. The van der Waals surface area contributed by atoms with Gasteiger partial charge >= 0.3 is 5.97 Å². The number of amides is 1. The number of aliphatic carboxylic acids is 1. The highest BCUT2D eigenvalue weighted by Gasteiger charge is 2.41. The Hall–Kier alpha value is -2.08. The van der Waals surface area contributed by atoms with E-state index in [-0.39, 0.29) is 12.3 Å². The number of hydrogen-bond acceptors (Lipinski definition) is 4. The van der Waals surface area contributed by atoms with E-state index in [4.69, 9.17) is 9.47 Å². The molecule has 1 saturated heterocycles. The van der Waals surface area contributed by atoms with Crippen LogP contribution in [-0.4, -0.2) is 49.3 Å². The van der Waals surface area contributed by atoms with Crippen LogP contribution in [0, 0.1) is 5.92 Å². The van der Waals surface area contributed by atoms with Crippen molar-refractivity contribution in [3.05, 3.63) is 29.8 Å². The van der Waals surface area contributed by atoms with E-state index in [1.807, 2.05) is 18.2 Å². The van der Waals surface area contributed by atoms with Crippen LogP contribution < -0.4 is 4.74 Å². The van der Waals surface area contributed by atoms with Crippen LogP contribution in [-0.2, 0) is 14.3 Å². The molecular weight excluding hydrogens is 286 g/mol. The van der Waals surface area contributed by atoms with Gasteiger partial charge < -0.3 is 19.5 Å². The fourth-order valence-electron chi connectivity index (χ4n) is 2.96. The minimum Gasteiger partial charge on any atom is -0.496 e. The van der Waals surface area contributed by atoms with Crippen LogP contribution in [0.3, 0.4) is 0 Å². The second-order valence-corrected chi connectivity index (χ2v) is 5.25. The Morgan fingerprint density at radius 1 is 1.36 bits per heavy atom. The standard InChI is InChI=1S/C16H21NO5/c1-21-10-9-17-14(18)8-7-12(16(19)20)15(17)11-5-3-4-6-13(11)22-2/h3-6,12,15H,7-10H2,1-2H3,(H,19,20). The molecule has 1 fully saturated rings. The molecule has 0 aliphatic carbocycles. The van der Waals surface area contributed by atoms with Gasteiger partial charge in [-0.25, -0.2) is 0 Å². The molecule has 0 saturated carbocycles. The van der Waals surface area contributed by atoms with E-state index < -0.39 is 17.9 Å². The molecule has 2 atom stereocenters. The highest BCUT2D eigenvalue weighted by Crippen LogP contribution is 2.40. The number of likely N-dealkylation sites (tertiary alicyclic amines) is 1. The van der Waals surface area contributed by atoms with E-state index in [0.717, 1.165) is 5.56 Å². The van der Waals surface area contributed by atoms with Gasteiger partial charge in [0.2, 0.25) is 5.91 Å². The van der Waals surface area contributed by atoms with E-state index in [1.54, 1.807) is 25.2 Å². The molecule has 1 heterocycles. The number of methoxy groups -OCH3 is 2. The van der Waals surface area contributed by atoms with Crippen LogP contribution in [0.2, 0.25) is 0 Å². The van der Waals surface area contributed by atoms with Crippen LogP contribution in [0.4, 0.5) is 0 Å². The number of ether oxygens (including phenoxy) is 2. The van der Waals surface area contributed by atoms with E-state index in [0.29, 0.717) is 25.3 Å². The number of benzene rings is 1. The molecule has 22 heavy (non-hydrogen) atoms. The second kappa shape index (κ2) is 7.26. The quantitative estimate of drug-likeness (QED) is 0.866. The zero-order chi connectivity index (χ0) is 16.1. The fourth-order valence-corrected chi connectivity index (χ4v) is 2.96. The lowest BCUT2D eigenvalue weighted by Crippen LogP contribution is -2.46. The lowest BCUT2D eigenvalue weighted by molar-refractivity contribution is -0.152. The SMILES string of the molecule is COCCN1C(=O)CCC(C(=O)O)C1c1ccccc1OC. The average molecular weight is 307 g/mol. The lowest BCUT2D eigenvalue weighted by atomic mass is 9.84. The van der Waals surface area contributed by atoms with Crippen molar-refractivity contribution in [1.82, 2.24) is 4.90 Å². The number of nitrogens with zero attached hydrogens (tertiary/aromatic N) is 1. The summed E-state index contributed by atoms with van der Waals surface area (Å²) in [6.45, 7) is 0.728. The van der Waals surface area contributed by atoms with Gasteiger partial charge in [-0.1, -0.05) is 18.2 Å². The lowest BCUT2D eigenvalue weighted by Gasteiger charge is -2.40. The molecule has 1 amide bonds. The van der Waals surface area contributed by atoms with Gasteiger partial charge in [0.25, 0.3) is 0 Å². The molecule has 2 unspecified atom stereocenters. The van der Waals surface area contributed by atoms with Crippen molar-refractivity contribution in [2.75, 3.05) is 27.4 Å². The van der Waals surface area contributed by atoms with Gasteiger partial charge in [0.1, 0.15) is 5.75 Å². The first-order chi connectivity index (χ1) is 10.6. The van der Waals surface area contributed by atoms with Crippen molar-refractivity contribution in [2.45, 2.75) is 18.9 Å². The zero-order valence-electron chi connectivity index (χ0n) is 12.8. The summed E-state index contributed by atoms with van der Waals surface area (Å²) in [7, 11) is 3.10. The first-order valence-electron chi connectivity index (χ1n) is 7.24. The third kappa shape index (κ3) is 3.22. The van der Waals surface area contributed by atoms with E-state index in [2.05, 4.69) is 0 Å². The summed E-state index contributed by atoms with van der Waals surface area (Å²) in [6.07, 6.45) is 0.576. The van der Waals surface area contributed by atoms with Crippen molar-refractivity contribution in [2.24, 2.45) is 5.92 Å². The molecule has 1 aromatic carbocycles. The highest BCUT2D eigenvalue weighted by molar-refractivity contribution is 5.82. The van der Waals surface area contributed by atoms with Gasteiger partial charge in [0, 0.05) is 25.6 Å². The van der Waals surface area contributed by atoms with Crippen molar-refractivity contribution in [3.8, 4) is 5.75 Å². The largest absolute Gasteiger partial charge is 0.496 e. The molecule has 0 radical (unpaired) electrons. The molecule has 1 N–H and O–H groups in total. The predicted molar refractivity (Wildman–Crippen MR) is 79.7 cm³/mol. The van der Waals surface area contributed by atoms with Gasteiger partial charge in [0.05, 0.1) is 25.7 Å². The van der Waals surface area contributed by atoms with Crippen molar-refractivity contribution >= 4 is 11.9 Å². The number of piperidine rings is 1. The third-order valence-electron chi connectivity index (χ3n) is 4.02. The maximum Gasteiger partial charge on any atom is 0.308 e. The van der Waals surface area contributed by atoms with Crippen LogP contribution in [0.5, 0.6) is 5.75 Å². The van der Waals surface area contributed by atoms with Crippen LogP contribution in [0.25, 0.3) is 0 Å². The van der Waals surface area contributed by atoms with E-state index in [9.17, 15) is 14.7 Å². The third-order valence-corrected chi connectivity index (χ3v) is 4.02. The molecule has 1 aromatic rings. The summed E-state index contributed by atoms with van der Waals surface area (Å²) in [5.74, 6) is -1.00. The Bertz CT molecular complexity index is 545. The normalized spacial score (nSPS) is 21.7. The monoisotopic (exact) mass is 307 g/mol. The summed E-state index contributed by atoms with van der Waals surface area (Å²) < 4.78 is 10.4. The highest BCUT2D eigenvalue weighted by atomic mass is 16.5. The molecule has 120 valence electrons. The van der Waals surface area contributed by atoms with E-state index in [1.165, 1.54) is 0 Å². The first-order valence-corrected chi connectivity index (χ1v) is 7.24. The summed E-state index contributed by atoms with van der Waals surface area (Å²) in [5, 5.41) is 9.55. The number of carboxylic acid groups (broad SMARTS) is 1. The predicted octanol–water partition coefficient (Wildman–Crippen LogP) is 1.71. The van der Waals surface area contributed by atoms with Crippen molar-refractivity contribution < 1.29 is 24.2 Å². The molecule has 1 aliphatic heterocycles. The molecule has 6 heteroatoms. The number of para-hydroxylation sites is 1. The van der Waals surface area contributed by atoms with Crippen molar-refractivity contribution in [1.29, 1.82) is 0 Å². The number of carbonyl (C=O) groups excluding carboxylic acids is 1. The number of carboxylic acids is 1. The molecular formula is C16H21NO5. The van der Waals surface area contributed by atoms with Gasteiger partial charge in [-0.2, -0.15) is 0 Å². The summed E-state index contributed by atoms with van der Waals surface area (Å²) in [4.78, 5) is 25.5. The smallest absolute Gasteiger partial charge is 0.308 e. The van der Waals surface area contributed by atoms with Crippen LogP contribution in [0.15, 0.2) is 24.3 Å². The number of carbonyl (C=O) groups is 2. The molecule has 0 aromatic heterocycles. The molecule has 0 bridgehead atoms. The number of hydrogen-bond donors (Lipinski definition) is 1. The van der Waals surface area contributed by atoms with Crippen LogP contribution >= 0.6 is 0 Å². The maximum atomic E-state index is 12.3. The first kappa shape index (κ1) is 16.3. The van der Waals surface area contributed by atoms with E-state index >= 15 is 0 Å². The molecule has 2 rings (SSSR count). The summed E-state index contributed by atoms with van der Waals surface area (Å²) >= 11 is 0. The van der Waals surface area contributed by atoms with Gasteiger partial charge in [-0.3, -0.25) is 9.59 Å². The topological polar surface area (TPSA) is 76.1 Å². The van der Waals surface area contributed by atoms with Crippen molar-refractivity contribution in [3.63, 3.8) is 0 Å². The Kier molecular flexibility index (Phi) is 5.38. The Morgan fingerprint density at radius 2 is 2.09 bits per heavy atom. The molecule has 1 aliphatic rings. The zero-order valence-corrected chi connectivity index (χ0v) is 12.8. The molecule has 0 spiro atoms. The summed E-state index contributed by atoms with van der Waals surface area (Å²) in [5.41, 5.74) is 0.724.